The van der Waals surface area contributed by atoms with Crippen LogP contribution in [0.25, 0.3) is 11.4 Å². The van der Waals surface area contributed by atoms with Crippen LogP contribution < -0.4 is 0 Å². The molecule has 2 aromatic carbocycles. The van der Waals surface area contributed by atoms with E-state index in [9.17, 15) is 4.79 Å². The molecule has 0 amide bonds. The second-order valence-electron chi connectivity index (χ2n) is 7.08. The molecule has 0 saturated carbocycles. The van der Waals surface area contributed by atoms with Crippen molar-refractivity contribution in [2.24, 2.45) is 0 Å². The first-order valence-corrected chi connectivity index (χ1v) is 10.5. The molecular formula is C24H26Cl2N2O2. The molecular weight excluding hydrogens is 419 g/mol. The number of ketones is 1. The summed E-state index contributed by atoms with van der Waals surface area (Å²) in [6.07, 6.45) is 2.82. The lowest BCUT2D eigenvalue weighted by Crippen LogP contribution is -2.03. The van der Waals surface area contributed by atoms with Crippen LogP contribution in [0.5, 0.6) is 0 Å². The number of carbonyl (C=O) groups excluding carboxylic acids is 1. The molecule has 0 aliphatic carbocycles. The maximum Gasteiger partial charge on any atom is 0.181 e. The van der Waals surface area contributed by atoms with Crippen LogP contribution in [0.3, 0.4) is 0 Å². The van der Waals surface area contributed by atoms with Crippen molar-refractivity contribution in [2.45, 2.75) is 47.1 Å². The number of rotatable bonds is 5. The van der Waals surface area contributed by atoms with Gasteiger partial charge in [0, 0.05) is 23.2 Å². The van der Waals surface area contributed by atoms with E-state index in [1.165, 1.54) is 16.7 Å². The number of carbonyl (C=O) groups is 1. The highest BCUT2D eigenvalue weighted by Gasteiger charge is 2.11. The third-order valence-corrected chi connectivity index (χ3v) is 5.32. The van der Waals surface area contributed by atoms with Crippen molar-refractivity contribution in [3.8, 4) is 11.4 Å². The van der Waals surface area contributed by atoms with E-state index in [2.05, 4.69) is 30.7 Å². The number of Topliss-reactive ketones (excluding diaryl/α,β-unsaturated/α-hetero) is 1. The monoisotopic (exact) mass is 444 g/mol. The molecule has 6 heteroatoms. The number of hydrogen-bond acceptors (Lipinski definition) is 4. The average Bonchev–Trinajstić information content (AvgIpc) is 2.74. The molecule has 3 aromatic rings. The Morgan fingerprint density at radius 2 is 1.70 bits per heavy atom. The Morgan fingerprint density at radius 3 is 2.30 bits per heavy atom. The van der Waals surface area contributed by atoms with Crippen LogP contribution >= 0.6 is 23.2 Å². The second-order valence-corrected chi connectivity index (χ2v) is 7.92. The van der Waals surface area contributed by atoms with Gasteiger partial charge in [0.25, 0.3) is 0 Å². The van der Waals surface area contributed by atoms with Gasteiger partial charge in [-0.1, -0.05) is 42.3 Å². The zero-order valence-corrected chi connectivity index (χ0v) is 19.2. The van der Waals surface area contributed by atoms with Crippen molar-refractivity contribution in [3.05, 3.63) is 80.6 Å². The fourth-order valence-electron chi connectivity index (χ4n) is 2.88. The van der Waals surface area contributed by atoms with Crippen molar-refractivity contribution in [1.82, 2.24) is 9.97 Å². The highest BCUT2D eigenvalue weighted by atomic mass is 35.5. The summed E-state index contributed by atoms with van der Waals surface area (Å²) < 4.78 is 0. The molecule has 0 aliphatic heterocycles. The van der Waals surface area contributed by atoms with E-state index >= 15 is 0 Å². The fraction of sp³-hybridized carbons (Fsp3) is 0.292. The number of benzene rings is 2. The lowest BCUT2D eigenvalue weighted by Gasteiger charge is -2.06. The number of aromatic nitrogens is 2. The quantitative estimate of drug-likeness (QED) is 0.453. The fourth-order valence-corrected chi connectivity index (χ4v) is 3.26. The van der Waals surface area contributed by atoms with E-state index in [4.69, 9.17) is 28.3 Å². The molecule has 1 aromatic heterocycles. The molecule has 30 heavy (non-hydrogen) atoms. The van der Waals surface area contributed by atoms with Gasteiger partial charge in [0.2, 0.25) is 0 Å². The Balaban J connectivity index is 0.000000248. The first-order chi connectivity index (χ1) is 14.3. The SMILES string of the molecule is CCCC(=O)c1ccnc(-c2cc(Cl)ccc2Cl)n1.Cc1cc(CO)cc(C)c1C. The Bertz CT molecular complexity index is 1010. The molecule has 4 nitrogen and oxygen atoms in total. The molecule has 1 N–H and O–H groups in total. The van der Waals surface area contributed by atoms with Gasteiger partial charge in [0.15, 0.2) is 11.6 Å². The Hall–Kier alpha value is -2.27. The molecule has 0 radical (unpaired) electrons. The smallest absolute Gasteiger partial charge is 0.181 e. The number of aryl methyl sites for hydroxylation is 2. The third kappa shape index (κ3) is 6.36. The second kappa shape index (κ2) is 11.2. The number of hydrogen-bond donors (Lipinski definition) is 1. The van der Waals surface area contributed by atoms with E-state index in [0.29, 0.717) is 33.5 Å². The van der Waals surface area contributed by atoms with Gasteiger partial charge < -0.3 is 5.11 Å². The summed E-state index contributed by atoms with van der Waals surface area (Å²) in [5, 5.41) is 9.93. The van der Waals surface area contributed by atoms with Crippen molar-refractivity contribution < 1.29 is 9.90 Å². The predicted octanol–water partition coefficient (Wildman–Crippen LogP) is 6.54. The maximum atomic E-state index is 11.8. The number of nitrogens with zero attached hydrogens (tertiary/aromatic N) is 2. The van der Waals surface area contributed by atoms with E-state index in [-0.39, 0.29) is 12.4 Å². The van der Waals surface area contributed by atoms with Gasteiger partial charge >= 0.3 is 0 Å². The van der Waals surface area contributed by atoms with E-state index in [1.54, 1.807) is 30.5 Å². The molecule has 1 heterocycles. The zero-order chi connectivity index (χ0) is 22.3. The van der Waals surface area contributed by atoms with Gasteiger partial charge in [-0.2, -0.15) is 0 Å². The molecule has 0 spiro atoms. The van der Waals surface area contributed by atoms with E-state index < -0.39 is 0 Å². The summed E-state index contributed by atoms with van der Waals surface area (Å²) in [4.78, 5) is 20.2. The highest BCUT2D eigenvalue weighted by Crippen LogP contribution is 2.28. The van der Waals surface area contributed by atoms with Crippen molar-refractivity contribution >= 4 is 29.0 Å². The molecule has 158 valence electrons. The molecule has 0 unspecified atom stereocenters. The summed E-state index contributed by atoms with van der Waals surface area (Å²) in [5.41, 5.74) is 5.87. The number of aliphatic hydroxyl groups excluding tert-OH is 1. The normalized spacial score (nSPS) is 10.4. The van der Waals surface area contributed by atoms with Gasteiger partial charge in [-0.05, 0) is 73.7 Å². The Labute approximate surface area is 187 Å². The molecule has 0 atom stereocenters. The first-order valence-electron chi connectivity index (χ1n) is 9.76. The molecule has 0 saturated heterocycles. The van der Waals surface area contributed by atoms with Crippen LogP contribution in [0.4, 0.5) is 0 Å². The molecule has 0 aliphatic rings. The number of aliphatic hydroxyl groups is 1. The van der Waals surface area contributed by atoms with Crippen molar-refractivity contribution in [1.29, 1.82) is 0 Å². The minimum Gasteiger partial charge on any atom is -0.392 e. The van der Waals surface area contributed by atoms with Gasteiger partial charge in [0.05, 0.1) is 11.6 Å². The van der Waals surface area contributed by atoms with Gasteiger partial charge in [-0.25, -0.2) is 9.97 Å². The van der Waals surface area contributed by atoms with Crippen LogP contribution in [0.15, 0.2) is 42.6 Å². The standard InChI is InChI=1S/C14H12Cl2N2O.C10H14O/c1-2-3-13(19)12-6-7-17-14(18-12)10-8-9(15)4-5-11(10)16;1-7-4-10(6-11)5-8(2)9(7)3/h4-8H,2-3H2,1H3;4-5,11H,6H2,1-3H3. The first kappa shape index (κ1) is 24.0. The lowest BCUT2D eigenvalue weighted by atomic mass is 10.0. The molecule has 0 fully saturated rings. The molecule has 0 bridgehead atoms. The number of halogens is 2. The van der Waals surface area contributed by atoms with Crippen LogP contribution in [0.2, 0.25) is 10.0 Å². The maximum absolute atomic E-state index is 11.8. The van der Waals surface area contributed by atoms with Gasteiger partial charge in [-0.15, -0.1) is 0 Å². The van der Waals surface area contributed by atoms with Crippen LogP contribution in [0, 0.1) is 20.8 Å². The molecule has 3 rings (SSSR count). The lowest BCUT2D eigenvalue weighted by molar-refractivity contribution is 0.0977. The highest BCUT2D eigenvalue weighted by molar-refractivity contribution is 6.35. The van der Waals surface area contributed by atoms with Crippen molar-refractivity contribution in [2.75, 3.05) is 0 Å². The van der Waals surface area contributed by atoms with Gasteiger partial charge in [-0.3, -0.25) is 4.79 Å². The summed E-state index contributed by atoms with van der Waals surface area (Å²) >= 11 is 12.0. The van der Waals surface area contributed by atoms with Crippen LogP contribution in [-0.4, -0.2) is 20.9 Å². The minimum absolute atomic E-state index is 0.00398. The van der Waals surface area contributed by atoms with Crippen LogP contribution in [0.1, 0.15) is 52.5 Å². The zero-order valence-electron chi connectivity index (χ0n) is 17.7. The summed E-state index contributed by atoms with van der Waals surface area (Å²) in [7, 11) is 0. The topological polar surface area (TPSA) is 63.1 Å². The minimum atomic E-state index is 0.00398. The summed E-state index contributed by atoms with van der Waals surface area (Å²) in [6, 6.07) is 10.7. The largest absolute Gasteiger partial charge is 0.392 e. The van der Waals surface area contributed by atoms with Crippen molar-refractivity contribution in [3.63, 3.8) is 0 Å². The van der Waals surface area contributed by atoms with E-state index in [0.717, 1.165) is 12.0 Å². The predicted molar refractivity (Wildman–Crippen MR) is 123 cm³/mol. The van der Waals surface area contributed by atoms with E-state index in [1.807, 2.05) is 19.1 Å². The van der Waals surface area contributed by atoms with Crippen LogP contribution in [-0.2, 0) is 6.61 Å². The summed E-state index contributed by atoms with van der Waals surface area (Å²) in [6.45, 7) is 8.34. The Kier molecular flexibility index (Phi) is 8.97. The Morgan fingerprint density at radius 1 is 1.03 bits per heavy atom. The third-order valence-electron chi connectivity index (χ3n) is 4.76. The van der Waals surface area contributed by atoms with Gasteiger partial charge in [0.1, 0.15) is 5.69 Å². The summed E-state index contributed by atoms with van der Waals surface area (Å²) in [5.74, 6) is 0.416. The average molecular weight is 445 g/mol.